The van der Waals surface area contributed by atoms with Crippen molar-refractivity contribution < 1.29 is 9.47 Å². The van der Waals surface area contributed by atoms with Crippen molar-refractivity contribution >= 4 is 23.1 Å². The zero-order valence-electron chi connectivity index (χ0n) is 20.0. The van der Waals surface area contributed by atoms with E-state index < -0.39 is 0 Å². The van der Waals surface area contributed by atoms with Gasteiger partial charge in [0.15, 0.2) is 11.0 Å². The molecular weight excluding hydrogens is 436 g/mol. The first-order valence-electron chi connectivity index (χ1n) is 12.3. The summed E-state index contributed by atoms with van der Waals surface area (Å²) in [6, 6.07) is 10.3. The van der Waals surface area contributed by atoms with Crippen LogP contribution in [0.1, 0.15) is 70.8 Å². The molecule has 3 rings (SSSR count). The van der Waals surface area contributed by atoms with Crippen molar-refractivity contribution in [1.82, 2.24) is 9.97 Å². The number of unbranched alkanes of at least 4 members (excludes halogenated alkanes) is 1. The molecule has 0 saturated carbocycles. The van der Waals surface area contributed by atoms with Gasteiger partial charge < -0.3 is 20.5 Å². The summed E-state index contributed by atoms with van der Waals surface area (Å²) >= 11 is 6.10. The first-order chi connectivity index (χ1) is 16.0. The Hall–Kier alpha value is -1.89. The molecule has 33 heavy (non-hydrogen) atoms. The molecule has 182 valence electrons. The number of ether oxygens (including phenoxy) is 2. The van der Waals surface area contributed by atoms with E-state index in [9.17, 15) is 0 Å². The third-order valence-electron chi connectivity index (χ3n) is 6.48. The van der Waals surface area contributed by atoms with E-state index in [1.807, 2.05) is 18.2 Å². The fourth-order valence-electron chi connectivity index (χ4n) is 4.42. The predicted molar refractivity (Wildman–Crippen MR) is 135 cm³/mol. The first-order valence-corrected chi connectivity index (χ1v) is 12.7. The molecular formula is C26H39ClN4O2. The lowest BCUT2D eigenvalue weighted by Gasteiger charge is -2.27. The average Bonchev–Trinajstić information content (AvgIpc) is 2.83. The Kier molecular flexibility index (Phi) is 10.7. The monoisotopic (exact) mass is 474 g/mol. The molecule has 2 unspecified atom stereocenters. The highest BCUT2D eigenvalue weighted by molar-refractivity contribution is 6.32. The maximum Gasteiger partial charge on any atom is 0.157 e. The van der Waals surface area contributed by atoms with Crippen LogP contribution in [0.15, 0.2) is 36.7 Å². The van der Waals surface area contributed by atoms with E-state index in [1.54, 1.807) is 0 Å². The number of rotatable bonds is 13. The molecule has 7 heteroatoms. The van der Waals surface area contributed by atoms with Crippen LogP contribution in [0.4, 0.5) is 11.5 Å². The van der Waals surface area contributed by atoms with Gasteiger partial charge in [0.2, 0.25) is 0 Å². The Bertz CT molecular complexity index is 817. The average molecular weight is 475 g/mol. The fraction of sp³-hybridized carbons (Fsp3) is 0.615. The lowest BCUT2D eigenvalue weighted by molar-refractivity contribution is 0.00201. The third-order valence-corrected chi connectivity index (χ3v) is 6.78. The summed E-state index contributed by atoms with van der Waals surface area (Å²) in [6.07, 6.45) is 11.2. The number of nitrogens with two attached hydrogens (primary N) is 1. The highest BCUT2D eigenvalue weighted by Gasteiger charge is 2.21. The highest BCUT2D eigenvalue weighted by Crippen LogP contribution is 2.26. The van der Waals surface area contributed by atoms with Crippen LogP contribution in [0, 0.1) is 5.92 Å². The molecule has 1 aromatic heterocycles. The second-order valence-electron chi connectivity index (χ2n) is 9.29. The normalized spacial score (nSPS) is 19.1. The molecule has 3 N–H and O–H groups in total. The quantitative estimate of drug-likeness (QED) is 0.263. The van der Waals surface area contributed by atoms with Gasteiger partial charge in [0.05, 0.1) is 24.9 Å². The maximum absolute atomic E-state index is 6.21. The van der Waals surface area contributed by atoms with Crippen LogP contribution in [0.25, 0.3) is 0 Å². The van der Waals surface area contributed by atoms with Crippen LogP contribution >= 0.6 is 11.6 Å². The molecule has 2 heterocycles. The first kappa shape index (κ1) is 25.7. The Morgan fingerprint density at radius 2 is 1.94 bits per heavy atom. The summed E-state index contributed by atoms with van der Waals surface area (Å²) < 4.78 is 12.1. The minimum absolute atomic E-state index is 0.0218. The van der Waals surface area contributed by atoms with Gasteiger partial charge in [-0.2, -0.15) is 0 Å². The van der Waals surface area contributed by atoms with Crippen molar-refractivity contribution in [3.63, 3.8) is 0 Å². The van der Waals surface area contributed by atoms with E-state index in [4.69, 9.17) is 26.8 Å². The molecule has 0 bridgehead atoms. The fourth-order valence-corrected chi connectivity index (χ4v) is 4.56. The van der Waals surface area contributed by atoms with Gasteiger partial charge in [0.1, 0.15) is 12.0 Å². The largest absolute Gasteiger partial charge is 0.393 e. The van der Waals surface area contributed by atoms with Gasteiger partial charge in [-0.3, -0.25) is 0 Å². The van der Waals surface area contributed by atoms with Crippen LogP contribution < -0.4 is 11.1 Å². The van der Waals surface area contributed by atoms with E-state index in [0.29, 0.717) is 30.1 Å². The number of hydrogen-bond acceptors (Lipinski definition) is 6. The maximum atomic E-state index is 6.21. The third kappa shape index (κ3) is 8.76. The number of halogens is 1. The van der Waals surface area contributed by atoms with Crippen LogP contribution in [0.3, 0.4) is 0 Å². The molecule has 0 amide bonds. The summed E-state index contributed by atoms with van der Waals surface area (Å²) in [6.45, 7) is 5.95. The van der Waals surface area contributed by atoms with Crippen LogP contribution in [-0.2, 0) is 16.1 Å². The van der Waals surface area contributed by atoms with Crippen molar-refractivity contribution in [2.75, 3.05) is 17.7 Å². The smallest absolute Gasteiger partial charge is 0.157 e. The molecule has 1 aromatic carbocycles. The molecule has 0 aliphatic carbocycles. The minimum atomic E-state index is -0.0218. The number of hydrogen-bond donors (Lipinski definition) is 2. The topological polar surface area (TPSA) is 82.3 Å². The van der Waals surface area contributed by atoms with Crippen molar-refractivity contribution in [2.24, 2.45) is 5.92 Å². The molecule has 2 aromatic rings. The van der Waals surface area contributed by atoms with Gasteiger partial charge in [-0.25, -0.2) is 9.97 Å². The second-order valence-corrected chi connectivity index (χ2v) is 9.65. The molecule has 4 atom stereocenters. The molecule has 1 fully saturated rings. The van der Waals surface area contributed by atoms with Crippen LogP contribution in [0.5, 0.6) is 0 Å². The number of anilines is 2. The zero-order chi connectivity index (χ0) is 23.5. The van der Waals surface area contributed by atoms with Gasteiger partial charge in [-0.15, -0.1) is 0 Å². The Labute approximate surface area is 203 Å². The van der Waals surface area contributed by atoms with E-state index in [2.05, 4.69) is 41.3 Å². The summed E-state index contributed by atoms with van der Waals surface area (Å²) in [5.74, 6) is 1.25. The Balaban J connectivity index is 1.51. The molecule has 0 radical (unpaired) electrons. The molecule has 1 aliphatic rings. The number of benzene rings is 1. The number of nitrogen functional groups attached to an aromatic ring is 1. The summed E-state index contributed by atoms with van der Waals surface area (Å²) in [4.78, 5) is 8.26. The lowest BCUT2D eigenvalue weighted by atomic mass is 9.93. The van der Waals surface area contributed by atoms with Gasteiger partial charge >= 0.3 is 0 Å². The Morgan fingerprint density at radius 1 is 1.15 bits per heavy atom. The van der Waals surface area contributed by atoms with Gasteiger partial charge in [-0.05, 0) is 50.5 Å². The van der Waals surface area contributed by atoms with Crippen molar-refractivity contribution in [1.29, 1.82) is 0 Å². The summed E-state index contributed by atoms with van der Waals surface area (Å²) in [5.41, 5.74) is 7.64. The van der Waals surface area contributed by atoms with Crippen molar-refractivity contribution in [3.8, 4) is 0 Å². The van der Waals surface area contributed by atoms with E-state index in [0.717, 1.165) is 25.0 Å². The van der Waals surface area contributed by atoms with Gasteiger partial charge in [-0.1, -0.05) is 68.1 Å². The van der Waals surface area contributed by atoms with Crippen molar-refractivity contribution in [2.45, 2.75) is 90.1 Å². The van der Waals surface area contributed by atoms with Crippen LogP contribution in [0.2, 0.25) is 5.15 Å². The van der Waals surface area contributed by atoms with Crippen LogP contribution in [-0.4, -0.2) is 34.8 Å². The zero-order valence-corrected chi connectivity index (χ0v) is 20.8. The molecule has 1 saturated heterocycles. The van der Waals surface area contributed by atoms with Gasteiger partial charge in [0, 0.05) is 6.61 Å². The highest BCUT2D eigenvalue weighted by atomic mass is 35.5. The number of nitrogens with one attached hydrogen (secondary N) is 1. The minimum Gasteiger partial charge on any atom is -0.393 e. The van der Waals surface area contributed by atoms with Gasteiger partial charge in [0.25, 0.3) is 0 Å². The second kappa shape index (κ2) is 13.7. The molecule has 0 spiro atoms. The van der Waals surface area contributed by atoms with E-state index in [-0.39, 0.29) is 17.3 Å². The molecule has 6 nitrogen and oxygen atoms in total. The number of nitrogens with zero attached hydrogens (tertiary/aromatic N) is 2. The van der Waals surface area contributed by atoms with E-state index in [1.165, 1.54) is 44.9 Å². The summed E-state index contributed by atoms with van der Waals surface area (Å²) in [5, 5.41) is 3.74. The predicted octanol–water partition coefficient (Wildman–Crippen LogP) is 6.25. The Morgan fingerprint density at radius 3 is 2.70 bits per heavy atom. The summed E-state index contributed by atoms with van der Waals surface area (Å²) in [7, 11) is 0. The number of aromatic nitrogens is 2. The lowest BCUT2D eigenvalue weighted by Crippen LogP contribution is -2.34. The standard InChI is InChI=1S/C26H39ClN4O2/c1-19(16-22-13-8-9-15-32-22)10-6-7-14-23(31-26-24(28)25(27)29-18-30-26)20(2)33-17-21-11-4-3-5-12-21/h3-5,11-12,18-20,22-23H,6-10,13-17,28H2,1-2H3,(H,29,30,31)/t19?,20-,22?,23+/m0/s1. The SMILES string of the molecule is CC(CCCC[C@@H](Nc1ncnc(Cl)c1N)[C@H](C)OCc1ccccc1)CC1CCCCO1. The van der Waals surface area contributed by atoms with Crippen molar-refractivity contribution in [3.05, 3.63) is 47.4 Å². The molecule has 1 aliphatic heterocycles. The van der Waals surface area contributed by atoms with E-state index >= 15 is 0 Å².